The first-order valence-electron chi connectivity index (χ1n) is 6.16. The molecule has 0 atom stereocenters. The number of ether oxygens (including phenoxy) is 1. The Morgan fingerprint density at radius 2 is 2.00 bits per heavy atom. The van der Waals surface area contributed by atoms with Gasteiger partial charge in [0.05, 0.1) is 0 Å². The van der Waals surface area contributed by atoms with Gasteiger partial charge in [0.1, 0.15) is 12.4 Å². The highest BCUT2D eigenvalue weighted by Gasteiger charge is 2.08. The largest absolute Gasteiger partial charge is 0.486 e. The molecule has 0 spiro atoms. The molecule has 4 nitrogen and oxygen atoms in total. The summed E-state index contributed by atoms with van der Waals surface area (Å²) < 4.78 is 32.4. The van der Waals surface area contributed by atoms with Crippen LogP contribution in [0, 0.1) is 18.6 Å². The zero-order valence-corrected chi connectivity index (χ0v) is 11.3. The van der Waals surface area contributed by atoms with Crippen LogP contribution in [0.2, 0.25) is 0 Å². The van der Waals surface area contributed by atoms with Gasteiger partial charge in [0.25, 0.3) is 0 Å². The van der Waals surface area contributed by atoms with Gasteiger partial charge in [-0.15, -0.1) is 0 Å². The number of benzene rings is 2. The predicted octanol–water partition coefficient (Wildman–Crippen LogP) is 2.95. The van der Waals surface area contributed by atoms with E-state index in [1.807, 2.05) is 6.92 Å². The first kappa shape index (κ1) is 14.8. The molecule has 0 aliphatic rings. The molecule has 6 heteroatoms. The Kier molecular flexibility index (Phi) is 4.37. The fourth-order valence-electron chi connectivity index (χ4n) is 1.82. The Bertz CT molecular complexity index is 687. The molecule has 3 N–H and O–H groups in total. The van der Waals surface area contributed by atoms with Gasteiger partial charge in [-0.2, -0.15) is 0 Å². The molecular weight excluding hydrogens is 278 g/mol. The number of amidine groups is 1. The molecule has 0 aromatic heterocycles. The van der Waals surface area contributed by atoms with E-state index in [9.17, 15) is 8.78 Å². The molecule has 110 valence electrons. The topological polar surface area (TPSA) is 67.8 Å². The molecule has 2 rings (SSSR count). The zero-order valence-electron chi connectivity index (χ0n) is 11.3. The predicted molar refractivity (Wildman–Crippen MR) is 74.4 cm³/mol. The minimum Gasteiger partial charge on any atom is -0.486 e. The van der Waals surface area contributed by atoms with Crippen LogP contribution in [0.1, 0.15) is 16.7 Å². The third kappa shape index (κ3) is 3.68. The second kappa shape index (κ2) is 6.21. The lowest BCUT2D eigenvalue weighted by atomic mass is 10.1. The van der Waals surface area contributed by atoms with Crippen molar-refractivity contribution >= 4 is 5.84 Å². The molecule has 0 fully saturated rings. The lowest BCUT2D eigenvalue weighted by molar-refractivity contribution is 0.289. The molecular formula is C15H14F2N2O2. The first-order valence-corrected chi connectivity index (χ1v) is 6.16. The lowest BCUT2D eigenvalue weighted by Gasteiger charge is -2.09. The van der Waals surface area contributed by atoms with Crippen molar-refractivity contribution in [3.05, 3.63) is 64.7 Å². The van der Waals surface area contributed by atoms with Crippen molar-refractivity contribution in [3.63, 3.8) is 0 Å². The maximum Gasteiger partial charge on any atom is 0.170 e. The SMILES string of the molecule is Cc1ccc(F)c(OCc2cc(F)cc(/C(N)=N/O)c2)c1. The summed E-state index contributed by atoms with van der Waals surface area (Å²) in [4.78, 5) is 0. The minimum atomic E-state index is -0.553. The van der Waals surface area contributed by atoms with E-state index in [1.165, 1.54) is 18.2 Å². The third-order valence-corrected chi connectivity index (χ3v) is 2.84. The van der Waals surface area contributed by atoms with Crippen molar-refractivity contribution in [2.75, 3.05) is 0 Å². The lowest BCUT2D eigenvalue weighted by Crippen LogP contribution is -2.14. The van der Waals surface area contributed by atoms with Gasteiger partial charge in [0.2, 0.25) is 0 Å². The maximum absolute atomic E-state index is 13.5. The van der Waals surface area contributed by atoms with Gasteiger partial charge >= 0.3 is 0 Å². The normalized spacial score (nSPS) is 11.5. The molecule has 2 aromatic rings. The average molecular weight is 292 g/mol. The Morgan fingerprint density at radius 1 is 1.24 bits per heavy atom. The number of aryl methyl sites for hydroxylation is 1. The van der Waals surface area contributed by atoms with E-state index in [-0.39, 0.29) is 23.8 Å². The third-order valence-electron chi connectivity index (χ3n) is 2.84. The van der Waals surface area contributed by atoms with Gasteiger partial charge < -0.3 is 15.7 Å². The van der Waals surface area contributed by atoms with Crippen LogP contribution in [0.4, 0.5) is 8.78 Å². The fraction of sp³-hybridized carbons (Fsp3) is 0.133. The van der Waals surface area contributed by atoms with E-state index in [4.69, 9.17) is 15.7 Å². The number of oxime groups is 1. The molecule has 0 heterocycles. The Labute approximate surface area is 120 Å². The quantitative estimate of drug-likeness (QED) is 0.394. The van der Waals surface area contributed by atoms with Crippen LogP contribution < -0.4 is 10.5 Å². The summed E-state index contributed by atoms with van der Waals surface area (Å²) in [6.45, 7) is 1.77. The van der Waals surface area contributed by atoms with Gasteiger partial charge in [-0.1, -0.05) is 11.2 Å². The van der Waals surface area contributed by atoms with Gasteiger partial charge in [0.15, 0.2) is 17.4 Å². The van der Waals surface area contributed by atoms with Crippen LogP contribution in [0.3, 0.4) is 0 Å². The summed E-state index contributed by atoms with van der Waals surface area (Å²) in [5, 5.41) is 11.4. The molecule has 0 saturated carbocycles. The van der Waals surface area contributed by atoms with Gasteiger partial charge in [0, 0.05) is 5.56 Å². The number of nitrogens with two attached hydrogens (primary N) is 1. The van der Waals surface area contributed by atoms with E-state index in [1.54, 1.807) is 12.1 Å². The van der Waals surface area contributed by atoms with Crippen LogP contribution in [0.15, 0.2) is 41.6 Å². The van der Waals surface area contributed by atoms with Gasteiger partial charge in [-0.25, -0.2) is 8.78 Å². The van der Waals surface area contributed by atoms with E-state index in [0.717, 1.165) is 11.6 Å². The zero-order chi connectivity index (χ0) is 15.4. The van der Waals surface area contributed by atoms with Gasteiger partial charge in [-0.3, -0.25) is 0 Å². The molecule has 0 saturated heterocycles. The maximum atomic E-state index is 13.5. The summed E-state index contributed by atoms with van der Waals surface area (Å²) in [6.07, 6.45) is 0. The molecule has 0 bridgehead atoms. The highest BCUT2D eigenvalue weighted by molar-refractivity contribution is 5.97. The van der Waals surface area contributed by atoms with Crippen molar-refractivity contribution in [2.45, 2.75) is 13.5 Å². The summed E-state index contributed by atoms with van der Waals surface area (Å²) in [6, 6.07) is 8.36. The van der Waals surface area contributed by atoms with E-state index >= 15 is 0 Å². The van der Waals surface area contributed by atoms with Crippen LogP contribution in [-0.2, 0) is 6.61 Å². The molecule has 0 unspecified atom stereocenters. The minimum absolute atomic E-state index is 0.0379. The van der Waals surface area contributed by atoms with Crippen molar-refractivity contribution in [2.24, 2.45) is 10.9 Å². The van der Waals surface area contributed by atoms with Crippen LogP contribution in [-0.4, -0.2) is 11.0 Å². The first-order chi connectivity index (χ1) is 9.99. The second-order valence-corrected chi connectivity index (χ2v) is 4.56. The Hall–Kier alpha value is -2.63. The summed E-state index contributed by atoms with van der Waals surface area (Å²) in [5.74, 6) is -1.17. The van der Waals surface area contributed by atoms with E-state index < -0.39 is 11.6 Å². The Morgan fingerprint density at radius 3 is 2.71 bits per heavy atom. The van der Waals surface area contributed by atoms with Crippen molar-refractivity contribution in [1.82, 2.24) is 0 Å². The summed E-state index contributed by atoms with van der Waals surface area (Å²) in [7, 11) is 0. The number of rotatable bonds is 4. The number of halogens is 2. The van der Waals surface area contributed by atoms with E-state index in [2.05, 4.69) is 5.16 Å². The number of hydrogen-bond donors (Lipinski definition) is 2. The highest BCUT2D eigenvalue weighted by Crippen LogP contribution is 2.20. The molecule has 0 aliphatic heterocycles. The van der Waals surface area contributed by atoms with Gasteiger partial charge in [-0.05, 0) is 48.4 Å². The number of hydrogen-bond acceptors (Lipinski definition) is 3. The second-order valence-electron chi connectivity index (χ2n) is 4.56. The molecule has 0 amide bonds. The molecule has 21 heavy (non-hydrogen) atoms. The van der Waals surface area contributed by atoms with Crippen molar-refractivity contribution < 1.29 is 18.7 Å². The molecule has 2 aromatic carbocycles. The summed E-state index contributed by atoms with van der Waals surface area (Å²) in [5.41, 5.74) is 6.93. The number of nitrogens with zero attached hydrogens (tertiary/aromatic N) is 1. The Balaban J connectivity index is 2.20. The summed E-state index contributed by atoms with van der Waals surface area (Å²) >= 11 is 0. The van der Waals surface area contributed by atoms with Crippen LogP contribution in [0.5, 0.6) is 5.75 Å². The highest BCUT2D eigenvalue weighted by atomic mass is 19.1. The standard InChI is InChI=1S/C15H14F2N2O2/c1-9-2-3-13(17)14(4-9)21-8-10-5-11(15(18)19-20)7-12(16)6-10/h2-7,20H,8H2,1H3,(H2,18,19). The fourth-order valence-corrected chi connectivity index (χ4v) is 1.82. The molecule has 0 radical (unpaired) electrons. The van der Waals surface area contributed by atoms with E-state index in [0.29, 0.717) is 5.56 Å². The van der Waals surface area contributed by atoms with Crippen LogP contribution >= 0.6 is 0 Å². The smallest absolute Gasteiger partial charge is 0.170 e. The average Bonchev–Trinajstić information content (AvgIpc) is 2.46. The molecule has 0 aliphatic carbocycles. The monoisotopic (exact) mass is 292 g/mol. The van der Waals surface area contributed by atoms with Crippen molar-refractivity contribution in [1.29, 1.82) is 0 Å². The van der Waals surface area contributed by atoms with Crippen molar-refractivity contribution in [3.8, 4) is 5.75 Å². The van der Waals surface area contributed by atoms with Crippen LogP contribution in [0.25, 0.3) is 0 Å².